The van der Waals surface area contributed by atoms with Crippen LogP contribution in [-0.2, 0) is 9.59 Å². The summed E-state index contributed by atoms with van der Waals surface area (Å²) in [6.07, 6.45) is 0. The van der Waals surface area contributed by atoms with Crippen LogP contribution in [0.3, 0.4) is 0 Å². The van der Waals surface area contributed by atoms with E-state index in [0.29, 0.717) is 56.9 Å². The fraction of sp³-hybridized carbons (Fsp3) is 0.290. The largest absolute Gasteiger partial charge is 0.507 e. The van der Waals surface area contributed by atoms with Gasteiger partial charge >= 0.3 is 0 Å². The summed E-state index contributed by atoms with van der Waals surface area (Å²) in [5, 5.41) is 48.8. The topological polar surface area (TPSA) is 209 Å². The number of nitrogens with one attached hydrogen (secondary N) is 4. The third-order valence-electron chi connectivity index (χ3n) is 13.9. The van der Waals surface area contributed by atoms with Crippen molar-refractivity contribution < 1.29 is 30.0 Å². The molecule has 0 spiro atoms. The van der Waals surface area contributed by atoms with E-state index in [2.05, 4.69) is 58.1 Å². The van der Waals surface area contributed by atoms with E-state index in [1.54, 1.807) is 12.1 Å². The third-order valence-corrected chi connectivity index (χ3v) is 13.9. The number of benzene rings is 6. The lowest BCUT2D eigenvalue weighted by atomic mass is 10.0. The molecule has 0 aliphatic carbocycles. The Labute approximate surface area is 458 Å². The molecule has 16 nitrogen and oxygen atoms in total. The van der Waals surface area contributed by atoms with Gasteiger partial charge in [-0.05, 0) is 163 Å². The van der Waals surface area contributed by atoms with E-state index in [9.17, 15) is 30.0 Å². The fourth-order valence-corrected chi connectivity index (χ4v) is 9.64. The van der Waals surface area contributed by atoms with Gasteiger partial charge in [0.1, 0.15) is 40.3 Å². The molecule has 8 rings (SSSR count). The maximum Gasteiger partial charge on any atom is 0.221 e. The summed E-state index contributed by atoms with van der Waals surface area (Å²) in [6.45, 7) is 22.0. The molecule has 0 fully saturated rings. The second-order valence-corrected chi connectivity index (χ2v) is 19.9. The summed E-state index contributed by atoms with van der Waals surface area (Å²) in [5.41, 5.74) is 14.6. The molecule has 0 saturated carbocycles. The van der Waals surface area contributed by atoms with Crippen LogP contribution in [0.5, 0.6) is 23.0 Å². The zero-order chi connectivity index (χ0) is 56.9. The molecule has 0 unspecified atom stereocenters. The number of hydrogen-bond acceptors (Lipinski definition) is 12. The lowest BCUT2D eigenvalue weighted by Gasteiger charge is -2.22. The van der Waals surface area contributed by atoms with Crippen LogP contribution in [0, 0.1) is 27.7 Å². The van der Waals surface area contributed by atoms with E-state index < -0.39 is 0 Å². The Morgan fingerprint density at radius 2 is 0.795 bits per heavy atom. The summed E-state index contributed by atoms with van der Waals surface area (Å²) in [4.78, 5) is 49.5. The number of phenolic OH excluding ortho intramolecular Hbond substituents is 4. The number of aromatic nitrogens is 4. The van der Waals surface area contributed by atoms with Crippen LogP contribution in [0.2, 0.25) is 0 Å². The molecule has 8 N–H and O–H groups in total. The van der Waals surface area contributed by atoms with Crippen molar-refractivity contribution in [1.82, 2.24) is 19.9 Å². The van der Waals surface area contributed by atoms with Gasteiger partial charge in [0.15, 0.2) is 0 Å². The van der Waals surface area contributed by atoms with Crippen molar-refractivity contribution in [1.29, 1.82) is 0 Å². The van der Waals surface area contributed by atoms with Crippen molar-refractivity contribution in [2.45, 2.75) is 69.2 Å². The van der Waals surface area contributed by atoms with E-state index in [1.807, 2.05) is 151 Å². The van der Waals surface area contributed by atoms with Crippen molar-refractivity contribution in [2.24, 2.45) is 0 Å². The van der Waals surface area contributed by atoms with Gasteiger partial charge in [0.05, 0.1) is 28.5 Å². The van der Waals surface area contributed by atoms with Crippen LogP contribution in [0.25, 0.3) is 67.8 Å². The Morgan fingerprint density at radius 1 is 0.462 bits per heavy atom. The van der Waals surface area contributed by atoms with Crippen LogP contribution in [0.1, 0.15) is 63.8 Å². The quantitative estimate of drug-likeness (QED) is 0.0455. The lowest BCUT2D eigenvalue weighted by molar-refractivity contribution is -0.115. The van der Waals surface area contributed by atoms with Crippen LogP contribution in [0.15, 0.2) is 97.1 Å². The Bertz CT molecular complexity index is 3280. The van der Waals surface area contributed by atoms with Gasteiger partial charge in [0.25, 0.3) is 0 Å². The highest BCUT2D eigenvalue weighted by molar-refractivity contribution is 6.01. The van der Waals surface area contributed by atoms with E-state index in [4.69, 9.17) is 9.97 Å². The van der Waals surface area contributed by atoms with Gasteiger partial charge in [-0.15, -0.1) is 0 Å². The highest BCUT2D eigenvalue weighted by Crippen LogP contribution is 2.45. The first-order valence-electron chi connectivity index (χ1n) is 26.2. The first kappa shape index (κ1) is 56.8. The number of amides is 2. The Hall–Kier alpha value is -8.92. The number of imidazole rings is 2. The van der Waals surface area contributed by atoms with Gasteiger partial charge in [-0.2, -0.15) is 0 Å². The zero-order valence-corrected chi connectivity index (χ0v) is 47.4. The molecule has 6 aromatic carbocycles. The average Bonchev–Trinajstić information content (AvgIpc) is 4.10. The van der Waals surface area contributed by atoms with Crippen LogP contribution >= 0.6 is 0 Å². The van der Waals surface area contributed by atoms with Crippen molar-refractivity contribution in [3.05, 3.63) is 119 Å². The maximum atomic E-state index is 12.2. The number of nitrogens with zero attached hydrogens (tertiary/aromatic N) is 6. The smallest absolute Gasteiger partial charge is 0.221 e. The molecule has 2 heterocycles. The number of aromatic hydroxyl groups is 4. The number of carbonyl (C=O) groups is 2. The highest BCUT2D eigenvalue weighted by Gasteiger charge is 2.25. The van der Waals surface area contributed by atoms with E-state index in [-0.39, 0.29) is 34.8 Å². The fourth-order valence-electron chi connectivity index (χ4n) is 9.64. The second kappa shape index (κ2) is 24.0. The summed E-state index contributed by atoms with van der Waals surface area (Å²) in [6, 6.07) is 30.4. The molecule has 2 aromatic heterocycles. The normalized spacial score (nSPS) is 10.9. The minimum Gasteiger partial charge on any atom is -0.507 e. The number of carbonyl (C=O) groups excluding carboxylic acids is 2. The van der Waals surface area contributed by atoms with Crippen molar-refractivity contribution in [3.8, 4) is 90.8 Å². The molecule has 2 amide bonds. The molecule has 0 bridgehead atoms. The first-order valence-corrected chi connectivity index (χ1v) is 26.2. The monoisotopic (exact) mass is 1050 g/mol. The molecule has 408 valence electrons. The number of rotatable bonds is 16. The van der Waals surface area contributed by atoms with E-state index >= 15 is 0 Å². The van der Waals surface area contributed by atoms with E-state index in [1.165, 1.54) is 13.8 Å². The standard InChI is InChI=1S/C31H36N6O3.C31H38N4O3/c1-17-13-21(14-18(2)30(17)40)31-34-28(24-11-9-22(36(5)6)15-26(24)32-19(3)38)29(35-31)25-12-10-23(37(7)8)16-27(25)33-20(4)39;1-7-34(8-2)22-11-13-24(26(36)17-22)28-29(25-14-12-23(18-27(25)37)35(9-3)10-4)33-31(32-28)21-15-19(5)30(38)20(6)16-21/h9-16,40H,1-8H3,(H,32,38)(H,33,39)(H,34,35);11-18,36-38H,7-10H2,1-6H3,(H,32,33). The van der Waals surface area contributed by atoms with Gasteiger partial charge in [0, 0.05) is 136 Å². The molecular weight excluding hydrogens is 981 g/mol. The number of hydrogen-bond donors (Lipinski definition) is 8. The molecule has 0 saturated heterocycles. The predicted molar refractivity (Wildman–Crippen MR) is 320 cm³/mol. The number of phenols is 4. The molecule has 0 aliphatic heterocycles. The van der Waals surface area contributed by atoms with Crippen molar-refractivity contribution >= 4 is 45.9 Å². The highest BCUT2D eigenvalue weighted by atomic mass is 16.3. The minimum absolute atomic E-state index is 0.117. The van der Waals surface area contributed by atoms with Crippen molar-refractivity contribution in [3.63, 3.8) is 0 Å². The number of H-pyrrole nitrogens is 2. The number of aromatic amines is 2. The second-order valence-electron chi connectivity index (χ2n) is 19.9. The molecule has 16 heteroatoms. The number of aryl methyl sites for hydroxylation is 4. The first-order chi connectivity index (χ1) is 37.1. The lowest BCUT2D eigenvalue weighted by Crippen LogP contribution is -2.21. The van der Waals surface area contributed by atoms with E-state index in [0.717, 1.165) is 93.4 Å². The Balaban J connectivity index is 0.000000226. The molecule has 0 radical (unpaired) electrons. The third kappa shape index (κ3) is 12.2. The molecule has 0 aliphatic rings. The SMILES string of the molecule is CC(=O)Nc1cc(N(C)C)ccc1-c1nc(-c2cc(C)c(O)c(C)c2)[nH]c1-c1ccc(N(C)C)cc1NC(C)=O.CCN(CC)c1ccc(-c2nc(-c3cc(C)c(O)c(C)c3)[nH]c2-c2ccc(N(CC)CC)cc2O)c(O)c1. The van der Waals surface area contributed by atoms with Gasteiger partial charge in [-0.25, -0.2) is 9.97 Å². The molecular formula is C62H74N10O6. The summed E-state index contributed by atoms with van der Waals surface area (Å²) in [7, 11) is 7.75. The molecule has 78 heavy (non-hydrogen) atoms. The average molecular weight is 1060 g/mol. The van der Waals surface area contributed by atoms with Crippen LogP contribution < -0.4 is 30.2 Å². The van der Waals surface area contributed by atoms with Crippen LogP contribution in [-0.4, -0.2) is 107 Å². The van der Waals surface area contributed by atoms with Gasteiger partial charge < -0.3 is 60.6 Å². The molecule has 0 atom stereocenters. The maximum absolute atomic E-state index is 12.2. The molecule has 8 aromatic rings. The summed E-state index contributed by atoms with van der Waals surface area (Å²) >= 11 is 0. The zero-order valence-electron chi connectivity index (χ0n) is 47.4. The van der Waals surface area contributed by atoms with Gasteiger partial charge in [0.2, 0.25) is 11.8 Å². The Morgan fingerprint density at radius 3 is 1.17 bits per heavy atom. The predicted octanol–water partition coefficient (Wildman–Crippen LogP) is 12.6. The number of anilines is 6. The summed E-state index contributed by atoms with van der Waals surface area (Å²) < 4.78 is 0. The van der Waals surface area contributed by atoms with Crippen molar-refractivity contribution in [2.75, 3.05) is 84.6 Å². The van der Waals surface area contributed by atoms with Gasteiger partial charge in [-0.3, -0.25) is 9.59 Å². The summed E-state index contributed by atoms with van der Waals surface area (Å²) in [5.74, 6) is 1.53. The van der Waals surface area contributed by atoms with Crippen LogP contribution in [0.4, 0.5) is 34.1 Å². The van der Waals surface area contributed by atoms with Gasteiger partial charge in [-0.1, -0.05) is 0 Å². The minimum atomic E-state index is -0.200. The Kier molecular flexibility index (Phi) is 17.4.